The van der Waals surface area contributed by atoms with Gasteiger partial charge in [0.15, 0.2) is 0 Å². The number of rotatable bonds is 6. The maximum Gasteiger partial charge on any atom is 0.273 e. The van der Waals surface area contributed by atoms with Crippen molar-refractivity contribution in [1.29, 1.82) is 0 Å². The fourth-order valence-electron chi connectivity index (χ4n) is 2.65. The van der Waals surface area contributed by atoms with Crippen molar-refractivity contribution < 1.29 is 19.1 Å². The highest BCUT2D eigenvalue weighted by Gasteiger charge is 2.37. The lowest BCUT2D eigenvalue weighted by atomic mass is 10.0. The number of carbonyl (C=O) groups is 2. The van der Waals surface area contributed by atoms with Gasteiger partial charge in [0.2, 0.25) is 0 Å². The molecule has 0 spiro atoms. The maximum absolute atomic E-state index is 12.6. The lowest BCUT2D eigenvalue weighted by molar-refractivity contribution is -0.137. The first kappa shape index (κ1) is 18.0. The molecule has 1 aliphatic rings. The molecule has 0 fully saturated rings. The van der Waals surface area contributed by atoms with Crippen LogP contribution in [0.25, 0.3) is 5.57 Å². The molecule has 0 saturated heterocycles. The molecule has 1 heterocycles. The average molecular weight is 372 g/mol. The van der Waals surface area contributed by atoms with Crippen LogP contribution in [0.1, 0.15) is 11.1 Å². The van der Waals surface area contributed by atoms with Crippen LogP contribution >= 0.6 is 11.6 Å². The van der Waals surface area contributed by atoms with Gasteiger partial charge in [0.1, 0.15) is 23.1 Å². The summed E-state index contributed by atoms with van der Waals surface area (Å²) < 4.78 is 10.7. The van der Waals surface area contributed by atoms with E-state index in [9.17, 15) is 9.59 Å². The van der Waals surface area contributed by atoms with E-state index in [1.807, 2.05) is 19.1 Å². The second-order valence-electron chi connectivity index (χ2n) is 5.84. The number of amides is 2. The third kappa shape index (κ3) is 3.58. The summed E-state index contributed by atoms with van der Waals surface area (Å²) in [6.07, 6.45) is 0. The minimum atomic E-state index is -0.495. The van der Waals surface area contributed by atoms with Crippen LogP contribution in [-0.4, -0.2) is 37.0 Å². The lowest BCUT2D eigenvalue weighted by Gasteiger charge is -2.15. The first-order valence-electron chi connectivity index (χ1n) is 8.11. The zero-order valence-electron chi connectivity index (χ0n) is 14.5. The Morgan fingerprint density at radius 1 is 0.923 bits per heavy atom. The van der Waals surface area contributed by atoms with E-state index in [1.54, 1.807) is 43.5 Å². The minimum Gasteiger partial charge on any atom is -0.497 e. The zero-order valence-corrected chi connectivity index (χ0v) is 15.2. The first-order valence-corrected chi connectivity index (χ1v) is 8.49. The van der Waals surface area contributed by atoms with Gasteiger partial charge in [-0.1, -0.05) is 41.4 Å². The number of hydrogen-bond acceptors (Lipinski definition) is 4. The standard InChI is InChI=1S/C20H18ClNO4/c1-13-3-5-14(6-4-13)17-18(21)20(24)22(19(17)23)11-12-26-16-9-7-15(25-2)8-10-16/h3-10H,11-12H2,1-2H3. The van der Waals surface area contributed by atoms with E-state index in [4.69, 9.17) is 21.1 Å². The molecule has 26 heavy (non-hydrogen) atoms. The number of hydrogen-bond donors (Lipinski definition) is 0. The molecule has 0 bridgehead atoms. The highest BCUT2D eigenvalue weighted by atomic mass is 35.5. The Labute approximate surface area is 156 Å². The zero-order chi connectivity index (χ0) is 18.7. The Morgan fingerprint density at radius 2 is 1.54 bits per heavy atom. The van der Waals surface area contributed by atoms with Crippen LogP contribution in [0.5, 0.6) is 11.5 Å². The molecule has 2 aromatic carbocycles. The summed E-state index contributed by atoms with van der Waals surface area (Å²) in [6.45, 7) is 2.24. The molecular weight excluding hydrogens is 354 g/mol. The van der Waals surface area contributed by atoms with Crippen molar-refractivity contribution in [2.75, 3.05) is 20.3 Å². The van der Waals surface area contributed by atoms with Crippen LogP contribution in [0.4, 0.5) is 0 Å². The molecule has 0 radical (unpaired) electrons. The Kier molecular flexibility index (Phi) is 5.28. The molecule has 0 saturated carbocycles. The van der Waals surface area contributed by atoms with E-state index in [0.717, 1.165) is 16.2 Å². The predicted molar refractivity (Wildman–Crippen MR) is 99.2 cm³/mol. The van der Waals surface area contributed by atoms with Crippen LogP contribution in [-0.2, 0) is 9.59 Å². The molecule has 2 amide bonds. The Balaban J connectivity index is 1.65. The number of methoxy groups -OCH3 is 1. The van der Waals surface area contributed by atoms with Crippen LogP contribution in [0.3, 0.4) is 0 Å². The summed E-state index contributed by atoms with van der Waals surface area (Å²) in [7, 11) is 1.59. The average Bonchev–Trinajstić information content (AvgIpc) is 2.86. The molecule has 3 rings (SSSR count). The molecule has 6 heteroatoms. The predicted octanol–water partition coefficient (Wildman–Crippen LogP) is 3.40. The van der Waals surface area contributed by atoms with Crippen LogP contribution in [0.2, 0.25) is 0 Å². The Morgan fingerprint density at radius 3 is 2.15 bits per heavy atom. The molecule has 0 aliphatic carbocycles. The van der Waals surface area contributed by atoms with Crippen molar-refractivity contribution >= 4 is 29.0 Å². The fraction of sp³-hybridized carbons (Fsp3) is 0.200. The van der Waals surface area contributed by atoms with Gasteiger partial charge in [-0.3, -0.25) is 14.5 Å². The highest BCUT2D eigenvalue weighted by Crippen LogP contribution is 2.31. The summed E-state index contributed by atoms with van der Waals surface area (Å²) in [5, 5.41) is -0.0525. The number of halogens is 1. The summed E-state index contributed by atoms with van der Waals surface area (Å²) in [5.41, 5.74) is 1.94. The number of ether oxygens (including phenoxy) is 2. The van der Waals surface area contributed by atoms with Crippen molar-refractivity contribution in [2.45, 2.75) is 6.92 Å². The van der Waals surface area contributed by atoms with Gasteiger partial charge in [-0.25, -0.2) is 0 Å². The molecule has 1 aliphatic heterocycles. The second kappa shape index (κ2) is 7.62. The van der Waals surface area contributed by atoms with Crippen molar-refractivity contribution in [1.82, 2.24) is 4.90 Å². The third-order valence-electron chi connectivity index (χ3n) is 4.09. The number of nitrogens with zero attached hydrogens (tertiary/aromatic N) is 1. The van der Waals surface area contributed by atoms with Crippen molar-refractivity contribution in [2.24, 2.45) is 0 Å². The van der Waals surface area contributed by atoms with Gasteiger partial charge in [0, 0.05) is 0 Å². The summed E-state index contributed by atoms with van der Waals surface area (Å²) in [6, 6.07) is 14.4. The molecular formula is C20H18ClNO4. The summed E-state index contributed by atoms with van der Waals surface area (Å²) in [4.78, 5) is 26.1. The monoisotopic (exact) mass is 371 g/mol. The van der Waals surface area contributed by atoms with Gasteiger partial charge < -0.3 is 9.47 Å². The molecule has 134 valence electrons. The number of carbonyl (C=O) groups excluding carboxylic acids is 2. The van der Waals surface area contributed by atoms with E-state index in [1.165, 1.54) is 0 Å². The first-order chi connectivity index (χ1) is 12.5. The van der Waals surface area contributed by atoms with E-state index in [2.05, 4.69) is 0 Å². The van der Waals surface area contributed by atoms with E-state index < -0.39 is 11.8 Å². The van der Waals surface area contributed by atoms with Gasteiger partial charge in [-0.15, -0.1) is 0 Å². The number of aryl methyl sites for hydroxylation is 1. The smallest absolute Gasteiger partial charge is 0.273 e. The normalized spacial score (nSPS) is 14.2. The molecule has 0 unspecified atom stereocenters. The topological polar surface area (TPSA) is 55.8 Å². The minimum absolute atomic E-state index is 0.0525. The molecule has 0 aromatic heterocycles. The van der Waals surface area contributed by atoms with Crippen molar-refractivity contribution in [3.63, 3.8) is 0 Å². The Bertz CT molecular complexity index is 856. The van der Waals surface area contributed by atoms with Crippen molar-refractivity contribution in [3.05, 3.63) is 64.7 Å². The van der Waals surface area contributed by atoms with Gasteiger partial charge in [0.25, 0.3) is 11.8 Å². The highest BCUT2D eigenvalue weighted by molar-refractivity contribution is 6.55. The van der Waals surface area contributed by atoms with E-state index in [0.29, 0.717) is 11.3 Å². The van der Waals surface area contributed by atoms with Gasteiger partial charge in [-0.05, 0) is 36.8 Å². The molecule has 0 N–H and O–H groups in total. The van der Waals surface area contributed by atoms with Crippen LogP contribution < -0.4 is 9.47 Å². The summed E-state index contributed by atoms with van der Waals surface area (Å²) in [5.74, 6) is 0.455. The van der Waals surface area contributed by atoms with Gasteiger partial charge in [-0.2, -0.15) is 0 Å². The van der Waals surface area contributed by atoms with Gasteiger partial charge >= 0.3 is 0 Å². The quantitative estimate of drug-likeness (QED) is 0.730. The van der Waals surface area contributed by atoms with Gasteiger partial charge in [0.05, 0.1) is 19.2 Å². The number of benzene rings is 2. The van der Waals surface area contributed by atoms with E-state index in [-0.39, 0.29) is 23.8 Å². The van der Waals surface area contributed by atoms with E-state index >= 15 is 0 Å². The molecule has 0 atom stereocenters. The van der Waals surface area contributed by atoms with Crippen LogP contribution in [0, 0.1) is 6.92 Å². The molecule has 5 nitrogen and oxygen atoms in total. The lowest BCUT2D eigenvalue weighted by Crippen LogP contribution is -2.35. The third-order valence-corrected chi connectivity index (χ3v) is 4.45. The molecule has 2 aromatic rings. The largest absolute Gasteiger partial charge is 0.497 e. The van der Waals surface area contributed by atoms with Crippen molar-refractivity contribution in [3.8, 4) is 11.5 Å². The Hall–Kier alpha value is -2.79. The SMILES string of the molecule is COc1ccc(OCCN2C(=O)C(Cl)=C(c3ccc(C)cc3)C2=O)cc1. The maximum atomic E-state index is 12.6. The second-order valence-corrected chi connectivity index (χ2v) is 6.22. The summed E-state index contributed by atoms with van der Waals surface area (Å²) >= 11 is 6.13. The number of imide groups is 1. The fourth-order valence-corrected chi connectivity index (χ4v) is 2.94. The van der Waals surface area contributed by atoms with Crippen LogP contribution in [0.15, 0.2) is 53.6 Å².